The van der Waals surface area contributed by atoms with Crippen molar-refractivity contribution >= 4 is 53.3 Å². The predicted molar refractivity (Wildman–Crippen MR) is 159 cm³/mol. The number of esters is 1. The smallest absolute Gasteiger partial charge is 0.323 e. The molecular formula is C31H33N3O13. The fraction of sp³-hybridized carbons (Fsp3) is 0.355. The number of ether oxygens (including phenoxy) is 1. The zero-order valence-corrected chi connectivity index (χ0v) is 25.0. The Balaban J connectivity index is 1.82. The Bertz CT molecular complexity index is 1440. The van der Waals surface area contributed by atoms with E-state index in [4.69, 9.17) is 4.74 Å². The molecule has 0 aliphatic heterocycles. The number of hydrogen-bond donors (Lipinski definition) is 5. The van der Waals surface area contributed by atoms with E-state index in [0.29, 0.717) is 35.5 Å². The molecule has 1 aliphatic carbocycles. The van der Waals surface area contributed by atoms with Crippen LogP contribution in [0.25, 0.3) is 0 Å². The highest BCUT2D eigenvalue weighted by molar-refractivity contribution is 6.05. The molecule has 3 amide bonds. The van der Waals surface area contributed by atoms with Gasteiger partial charge in [-0.3, -0.25) is 38.4 Å². The molecule has 0 atom stereocenters. The van der Waals surface area contributed by atoms with Gasteiger partial charge in [0, 0.05) is 22.7 Å². The Morgan fingerprint density at radius 1 is 0.638 bits per heavy atom. The first-order valence-electron chi connectivity index (χ1n) is 14.4. The number of hydrogen-bond acceptors (Lipinski definition) is 9. The van der Waals surface area contributed by atoms with Crippen molar-refractivity contribution in [2.24, 2.45) is 11.8 Å². The van der Waals surface area contributed by atoms with Crippen molar-refractivity contribution < 1.29 is 63.5 Å². The van der Waals surface area contributed by atoms with Gasteiger partial charge in [-0.2, -0.15) is 0 Å². The van der Waals surface area contributed by atoms with E-state index in [-0.39, 0.29) is 18.3 Å². The van der Waals surface area contributed by atoms with Crippen molar-refractivity contribution in [2.75, 3.05) is 31.5 Å². The second kappa shape index (κ2) is 16.5. The summed E-state index contributed by atoms with van der Waals surface area (Å²) in [5.74, 6) is -10.3. The second-order valence-electron chi connectivity index (χ2n) is 10.8. The molecule has 5 N–H and O–H groups in total. The monoisotopic (exact) mass is 655 g/mol. The number of carbonyl (C=O) groups is 8. The van der Waals surface area contributed by atoms with E-state index < -0.39 is 90.7 Å². The van der Waals surface area contributed by atoms with E-state index in [2.05, 4.69) is 5.32 Å². The summed E-state index contributed by atoms with van der Waals surface area (Å²) >= 11 is 0. The Morgan fingerprint density at radius 2 is 1.06 bits per heavy atom. The molecule has 2 aromatic carbocycles. The number of anilines is 1. The van der Waals surface area contributed by atoms with Crippen LogP contribution in [0.1, 0.15) is 52.0 Å². The average Bonchev–Trinajstić information content (AvgIpc) is 3.01. The number of aliphatic carboxylic acids is 4. The van der Waals surface area contributed by atoms with E-state index in [1.807, 2.05) is 30.3 Å². The van der Waals surface area contributed by atoms with E-state index in [1.165, 1.54) is 0 Å². The largest absolute Gasteiger partial charge is 0.480 e. The molecule has 1 saturated carbocycles. The summed E-state index contributed by atoms with van der Waals surface area (Å²) in [5.41, 5.74) is -0.173. The number of rotatable bonds is 15. The van der Waals surface area contributed by atoms with Gasteiger partial charge < -0.3 is 40.3 Å². The van der Waals surface area contributed by atoms with Gasteiger partial charge in [-0.15, -0.1) is 0 Å². The van der Waals surface area contributed by atoms with Gasteiger partial charge in [0.15, 0.2) is 0 Å². The number of nitrogens with zero attached hydrogens (tertiary/aromatic N) is 2. The van der Waals surface area contributed by atoms with Crippen LogP contribution >= 0.6 is 0 Å². The minimum Gasteiger partial charge on any atom is -0.480 e. The third-order valence-corrected chi connectivity index (χ3v) is 7.23. The van der Waals surface area contributed by atoms with Crippen molar-refractivity contribution in [1.82, 2.24) is 9.80 Å². The number of amides is 3. The van der Waals surface area contributed by atoms with Gasteiger partial charge in [0.1, 0.15) is 32.8 Å². The third-order valence-electron chi connectivity index (χ3n) is 7.23. The minimum absolute atomic E-state index is 0.114. The molecule has 0 heterocycles. The van der Waals surface area contributed by atoms with E-state index in [0.717, 1.165) is 23.8 Å². The molecule has 1 fully saturated rings. The quantitative estimate of drug-likeness (QED) is 0.171. The molecule has 2 aromatic rings. The molecule has 3 rings (SSSR count). The van der Waals surface area contributed by atoms with Crippen LogP contribution in [-0.4, -0.2) is 104 Å². The maximum atomic E-state index is 13.2. The highest BCUT2D eigenvalue weighted by atomic mass is 16.5. The minimum atomic E-state index is -1.53. The molecule has 0 radical (unpaired) electrons. The fourth-order valence-electron chi connectivity index (χ4n) is 5.05. The van der Waals surface area contributed by atoms with E-state index in [1.54, 1.807) is 0 Å². The van der Waals surface area contributed by atoms with Crippen molar-refractivity contribution in [3.63, 3.8) is 0 Å². The van der Waals surface area contributed by atoms with Gasteiger partial charge in [0.25, 0.3) is 11.8 Å². The van der Waals surface area contributed by atoms with Gasteiger partial charge in [0.2, 0.25) is 5.91 Å². The molecule has 0 aromatic heterocycles. The van der Waals surface area contributed by atoms with Crippen LogP contribution in [0.15, 0.2) is 48.5 Å². The summed E-state index contributed by atoms with van der Waals surface area (Å²) in [4.78, 5) is 98.4. The van der Waals surface area contributed by atoms with Gasteiger partial charge >= 0.3 is 29.8 Å². The van der Waals surface area contributed by atoms with Crippen LogP contribution in [0, 0.1) is 11.8 Å². The first-order chi connectivity index (χ1) is 22.2. The van der Waals surface area contributed by atoms with Crippen molar-refractivity contribution in [3.05, 3.63) is 65.2 Å². The third kappa shape index (κ3) is 10.9. The van der Waals surface area contributed by atoms with Crippen LogP contribution in [0.2, 0.25) is 0 Å². The summed E-state index contributed by atoms with van der Waals surface area (Å²) in [6, 6.07) is 12.2. The highest BCUT2D eigenvalue weighted by Gasteiger charge is 2.32. The molecule has 0 saturated heterocycles. The molecule has 16 nitrogen and oxygen atoms in total. The van der Waals surface area contributed by atoms with Crippen LogP contribution in [-0.2, 0) is 40.1 Å². The summed E-state index contributed by atoms with van der Waals surface area (Å²) in [5, 5.41) is 39.3. The van der Waals surface area contributed by atoms with E-state index in [9.17, 15) is 58.8 Å². The van der Waals surface area contributed by atoms with Crippen molar-refractivity contribution in [1.29, 1.82) is 0 Å². The van der Waals surface area contributed by atoms with Crippen LogP contribution in [0.3, 0.4) is 0 Å². The fourth-order valence-corrected chi connectivity index (χ4v) is 5.05. The van der Waals surface area contributed by atoms with Crippen molar-refractivity contribution in [2.45, 2.75) is 32.3 Å². The number of carboxylic acid groups (broad SMARTS) is 4. The molecule has 250 valence electrons. The number of benzene rings is 2. The molecule has 47 heavy (non-hydrogen) atoms. The lowest BCUT2D eigenvalue weighted by Gasteiger charge is -2.27. The first-order valence-corrected chi connectivity index (χ1v) is 14.4. The van der Waals surface area contributed by atoms with Crippen LogP contribution in [0.4, 0.5) is 5.69 Å². The molecule has 0 spiro atoms. The predicted octanol–water partition coefficient (Wildman–Crippen LogP) is 1.40. The molecule has 0 unspecified atom stereocenters. The Morgan fingerprint density at radius 3 is 1.49 bits per heavy atom. The van der Waals surface area contributed by atoms with Gasteiger partial charge in [-0.25, -0.2) is 0 Å². The maximum Gasteiger partial charge on any atom is 0.323 e. The first kappa shape index (κ1) is 35.7. The SMILES string of the molecule is O=C(O)CN(CC(=O)O)C(=O)c1cc(NC(=O)[C@H]2CC[C@H](C(=O)OCc3ccccc3)CC2)cc(C(=O)N(CC(=O)O)CC(=O)O)c1. The summed E-state index contributed by atoms with van der Waals surface area (Å²) in [6.45, 7) is -3.97. The van der Waals surface area contributed by atoms with Gasteiger partial charge in [-0.05, 0) is 49.4 Å². The maximum absolute atomic E-state index is 13.2. The molecule has 16 heteroatoms. The van der Waals surface area contributed by atoms with E-state index >= 15 is 0 Å². The highest BCUT2D eigenvalue weighted by Crippen LogP contribution is 2.31. The number of carboxylic acids is 4. The number of nitrogens with one attached hydrogen (secondary N) is 1. The average molecular weight is 656 g/mol. The van der Waals surface area contributed by atoms with Crippen LogP contribution in [0.5, 0.6) is 0 Å². The van der Waals surface area contributed by atoms with Gasteiger partial charge in [0.05, 0.1) is 5.92 Å². The van der Waals surface area contributed by atoms with Gasteiger partial charge in [-0.1, -0.05) is 30.3 Å². The Labute approximate surface area is 267 Å². The standard InChI is InChI=1S/C31H33N3O13/c35-24(36)13-33(14-25(37)38)29(44)21-10-22(30(45)34(15-26(39)40)16-27(41)42)12-23(11-21)32-28(43)19-6-8-20(9-7-19)31(46)47-17-18-4-2-1-3-5-18/h1-5,10-12,19-20H,6-9,13-17H2,(H,32,43)(H,35,36)(H,37,38)(H,39,40)(H,41,42)/t19-,20-. The Hall–Kier alpha value is -5.80. The summed E-state index contributed by atoms with van der Waals surface area (Å²) in [6.07, 6.45) is 1.31. The molecular weight excluding hydrogens is 622 g/mol. The van der Waals surface area contributed by atoms with Crippen molar-refractivity contribution in [3.8, 4) is 0 Å². The lowest BCUT2D eigenvalue weighted by atomic mass is 9.81. The zero-order valence-electron chi connectivity index (χ0n) is 25.0. The second-order valence-corrected chi connectivity index (χ2v) is 10.8. The Kier molecular flexibility index (Phi) is 12.5. The molecule has 0 bridgehead atoms. The summed E-state index contributed by atoms with van der Waals surface area (Å²) in [7, 11) is 0. The lowest BCUT2D eigenvalue weighted by molar-refractivity contribution is -0.152. The summed E-state index contributed by atoms with van der Waals surface area (Å²) < 4.78 is 5.41. The van der Waals surface area contributed by atoms with Crippen LogP contribution < -0.4 is 5.32 Å². The normalized spacial score (nSPS) is 15.5. The number of carbonyl (C=O) groups excluding carboxylic acids is 4. The zero-order chi connectivity index (χ0) is 34.7. The molecule has 1 aliphatic rings. The topological polar surface area (TPSA) is 245 Å². The lowest BCUT2D eigenvalue weighted by Crippen LogP contribution is -2.40.